The maximum Gasteiger partial charge on any atom is 0.222 e. The summed E-state index contributed by atoms with van der Waals surface area (Å²) in [6, 6.07) is 3.01. The summed E-state index contributed by atoms with van der Waals surface area (Å²) in [6.07, 6.45) is 0.272. The Balaban J connectivity index is 2.64. The van der Waals surface area contributed by atoms with Crippen molar-refractivity contribution in [1.82, 2.24) is 10.6 Å². The van der Waals surface area contributed by atoms with E-state index in [4.69, 9.17) is 0 Å². The van der Waals surface area contributed by atoms with Gasteiger partial charge in [-0.3, -0.25) is 4.79 Å². The van der Waals surface area contributed by atoms with Crippen molar-refractivity contribution in [3.05, 3.63) is 35.4 Å². The van der Waals surface area contributed by atoms with Crippen LogP contribution >= 0.6 is 0 Å². The number of benzene rings is 1. The quantitative estimate of drug-likeness (QED) is 0.834. The molecule has 1 rings (SSSR count). The summed E-state index contributed by atoms with van der Waals surface area (Å²) in [5, 5.41) is 5.71. The molecule has 106 valence electrons. The van der Waals surface area contributed by atoms with Crippen LogP contribution in [0.15, 0.2) is 18.2 Å². The van der Waals surface area contributed by atoms with Crippen LogP contribution in [0.1, 0.15) is 38.8 Å². The predicted molar refractivity (Wildman–Crippen MR) is 70.7 cm³/mol. The van der Waals surface area contributed by atoms with Crippen LogP contribution in [0.5, 0.6) is 0 Å². The molecular formula is C14H20F2N2O. The number of hydrogen-bond acceptors (Lipinski definition) is 2. The fraction of sp³-hybridized carbons (Fsp3) is 0.500. The van der Waals surface area contributed by atoms with Crippen molar-refractivity contribution in [1.29, 1.82) is 0 Å². The zero-order chi connectivity index (χ0) is 14.4. The average Bonchev–Trinajstić information content (AvgIpc) is 2.28. The van der Waals surface area contributed by atoms with Crippen molar-refractivity contribution in [3.63, 3.8) is 0 Å². The minimum Gasteiger partial charge on any atom is -0.349 e. The van der Waals surface area contributed by atoms with Gasteiger partial charge in [0.15, 0.2) is 0 Å². The fourth-order valence-electron chi connectivity index (χ4n) is 2.00. The lowest BCUT2D eigenvalue weighted by atomic mass is 10.1. The molecule has 1 aromatic rings. The van der Waals surface area contributed by atoms with E-state index in [9.17, 15) is 13.6 Å². The van der Waals surface area contributed by atoms with Crippen LogP contribution in [0.2, 0.25) is 0 Å². The van der Waals surface area contributed by atoms with Gasteiger partial charge in [0.2, 0.25) is 5.91 Å². The molecule has 0 bridgehead atoms. The zero-order valence-electron chi connectivity index (χ0n) is 11.5. The van der Waals surface area contributed by atoms with Crippen molar-refractivity contribution in [2.75, 3.05) is 6.54 Å². The topological polar surface area (TPSA) is 41.1 Å². The molecule has 5 heteroatoms. The van der Waals surface area contributed by atoms with Gasteiger partial charge in [-0.1, -0.05) is 13.0 Å². The lowest BCUT2D eigenvalue weighted by Gasteiger charge is -2.18. The third-order valence-electron chi connectivity index (χ3n) is 2.85. The van der Waals surface area contributed by atoms with E-state index < -0.39 is 17.7 Å². The number of nitrogens with one attached hydrogen (secondary N) is 2. The number of amides is 1. The molecule has 2 unspecified atom stereocenters. The van der Waals surface area contributed by atoms with Crippen LogP contribution in [-0.4, -0.2) is 18.5 Å². The Bertz CT molecular complexity index is 417. The highest BCUT2D eigenvalue weighted by atomic mass is 19.1. The summed E-state index contributed by atoms with van der Waals surface area (Å²) in [5.74, 6) is -1.52. The average molecular weight is 270 g/mol. The lowest BCUT2D eigenvalue weighted by molar-refractivity contribution is -0.122. The van der Waals surface area contributed by atoms with E-state index in [-0.39, 0.29) is 23.9 Å². The second kappa shape index (κ2) is 7.19. The molecule has 0 saturated carbocycles. The Morgan fingerprint density at radius 2 is 1.84 bits per heavy atom. The summed E-state index contributed by atoms with van der Waals surface area (Å²) in [7, 11) is 0. The molecule has 0 saturated heterocycles. The van der Waals surface area contributed by atoms with Gasteiger partial charge in [0, 0.05) is 18.0 Å². The van der Waals surface area contributed by atoms with Crippen molar-refractivity contribution >= 4 is 5.91 Å². The number of carbonyl (C=O) groups is 1. The van der Waals surface area contributed by atoms with E-state index >= 15 is 0 Å². The Hall–Kier alpha value is -1.49. The minimum atomic E-state index is -0.692. The van der Waals surface area contributed by atoms with Crippen molar-refractivity contribution in [2.24, 2.45) is 0 Å². The van der Waals surface area contributed by atoms with Crippen LogP contribution in [0.3, 0.4) is 0 Å². The molecule has 3 nitrogen and oxygen atoms in total. The minimum absolute atomic E-state index is 0.0302. The van der Waals surface area contributed by atoms with Crippen LogP contribution in [0.4, 0.5) is 8.78 Å². The molecule has 2 N–H and O–H groups in total. The summed E-state index contributed by atoms with van der Waals surface area (Å²) in [5.41, 5.74) is -0.105. The molecule has 0 radical (unpaired) electrons. The zero-order valence-corrected chi connectivity index (χ0v) is 11.5. The monoisotopic (exact) mass is 270 g/mol. The molecule has 19 heavy (non-hydrogen) atoms. The third-order valence-corrected chi connectivity index (χ3v) is 2.85. The SMILES string of the molecule is CCNC(C)CC(=O)NC(C)c1c(F)cccc1F. The van der Waals surface area contributed by atoms with Crippen molar-refractivity contribution in [3.8, 4) is 0 Å². The third kappa shape index (κ3) is 4.59. The molecule has 0 heterocycles. The van der Waals surface area contributed by atoms with E-state index in [0.29, 0.717) is 0 Å². The normalized spacial score (nSPS) is 13.9. The lowest BCUT2D eigenvalue weighted by Crippen LogP contribution is -2.35. The van der Waals surface area contributed by atoms with Gasteiger partial charge in [0.1, 0.15) is 11.6 Å². The van der Waals surface area contributed by atoms with Crippen molar-refractivity contribution < 1.29 is 13.6 Å². The summed E-state index contributed by atoms with van der Waals surface area (Å²) < 4.78 is 27.1. The maximum atomic E-state index is 13.5. The molecule has 1 aromatic carbocycles. The predicted octanol–water partition coefficient (Wildman–Crippen LogP) is 2.53. The van der Waals surface area contributed by atoms with Gasteiger partial charge in [-0.15, -0.1) is 0 Å². The standard InChI is InChI=1S/C14H20F2N2O/c1-4-17-9(2)8-13(19)18-10(3)14-11(15)6-5-7-12(14)16/h5-7,9-10,17H,4,8H2,1-3H3,(H,18,19). The first-order valence-electron chi connectivity index (χ1n) is 6.42. The van der Waals surface area contributed by atoms with Gasteiger partial charge in [0.25, 0.3) is 0 Å². The van der Waals surface area contributed by atoms with Crippen LogP contribution in [0.25, 0.3) is 0 Å². The maximum absolute atomic E-state index is 13.5. The van der Waals surface area contributed by atoms with E-state index in [1.807, 2.05) is 13.8 Å². The van der Waals surface area contributed by atoms with Crippen molar-refractivity contribution in [2.45, 2.75) is 39.3 Å². The second-order valence-corrected chi connectivity index (χ2v) is 4.59. The van der Waals surface area contributed by atoms with Crippen LogP contribution < -0.4 is 10.6 Å². The number of rotatable bonds is 6. The van der Waals surface area contributed by atoms with E-state index in [2.05, 4.69) is 10.6 Å². The first kappa shape index (κ1) is 15.6. The number of halogens is 2. The molecule has 0 aliphatic heterocycles. The van der Waals surface area contributed by atoms with E-state index in [0.717, 1.165) is 6.54 Å². The second-order valence-electron chi connectivity index (χ2n) is 4.59. The van der Waals surface area contributed by atoms with Gasteiger partial charge in [-0.05, 0) is 32.5 Å². The molecule has 1 amide bonds. The Labute approximate surface area is 112 Å². The highest BCUT2D eigenvalue weighted by Gasteiger charge is 2.18. The van der Waals surface area contributed by atoms with Gasteiger partial charge in [-0.2, -0.15) is 0 Å². The van der Waals surface area contributed by atoms with Gasteiger partial charge >= 0.3 is 0 Å². The number of carbonyl (C=O) groups excluding carboxylic acids is 1. The molecule has 0 aromatic heterocycles. The molecule has 0 aliphatic carbocycles. The first-order chi connectivity index (χ1) is 8.95. The molecule has 0 spiro atoms. The van der Waals surface area contributed by atoms with Gasteiger partial charge < -0.3 is 10.6 Å². The summed E-state index contributed by atoms with van der Waals surface area (Å²) in [4.78, 5) is 11.7. The Morgan fingerprint density at radius 1 is 1.26 bits per heavy atom. The Kier molecular flexibility index (Phi) is 5.89. The van der Waals surface area contributed by atoms with Crippen LogP contribution in [0, 0.1) is 11.6 Å². The first-order valence-corrected chi connectivity index (χ1v) is 6.42. The molecule has 0 fully saturated rings. The number of hydrogen-bond donors (Lipinski definition) is 2. The van der Waals surface area contributed by atoms with Gasteiger partial charge in [-0.25, -0.2) is 8.78 Å². The fourth-order valence-corrected chi connectivity index (χ4v) is 2.00. The molecule has 2 atom stereocenters. The molecular weight excluding hydrogens is 250 g/mol. The van der Waals surface area contributed by atoms with E-state index in [1.165, 1.54) is 18.2 Å². The van der Waals surface area contributed by atoms with Crippen LogP contribution in [-0.2, 0) is 4.79 Å². The summed E-state index contributed by atoms with van der Waals surface area (Å²) >= 11 is 0. The van der Waals surface area contributed by atoms with E-state index in [1.54, 1.807) is 6.92 Å². The highest BCUT2D eigenvalue weighted by molar-refractivity contribution is 5.77. The van der Waals surface area contributed by atoms with Gasteiger partial charge in [0.05, 0.1) is 6.04 Å². The smallest absolute Gasteiger partial charge is 0.222 e. The largest absolute Gasteiger partial charge is 0.349 e. The Morgan fingerprint density at radius 3 is 2.37 bits per heavy atom. The summed E-state index contributed by atoms with van der Waals surface area (Å²) in [6.45, 7) is 6.17. The highest BCUT2D eigenvalue weighted by Crippen LogP contribution is 2.20. The molecule has 0 aliphatic rings.